The highest BCUT2D eigenvalue weighted by atomic mass is 32.3. The fourth-order valence-electron chi connectivity index (χ4n) is 2.88. The van der Waals surface area contributed by atoms with Crippen LogP contribution >= 0.6 is 0 Å². The van der Waals surface area contributed by atoms with Gasteiger partial charge in [-0.3, -0.25) is 14.9 Å². The van der Waals surface area contributed by atoms with E-state index in [0.29, 0.717) is 0 Å². The molecule has 0 atom stereocenters. The van der Waals surface area contributed by atoms with Gasteiger partial charge >= 0.3 is 0 Å². The number of nitrogens with two attached hydrogens (primary N) is 2. The fourth-order valence-corrected chi connectivity index (χ4v) is 7.59. The zero-order valence-electron chi connectivity index (χ0n) is 15.1. The maximum absolute atomic E-state index is 13.3. The van der Waals surface area contributed by atoms with Crippen LogP contribution in [0.4, 0.5) is 11.4 Å². The van der Waals surface area contributed by atoms with Crippen molar-refractivity contribution in [3.63, 3.8) is 0 Å². The normalized spacial score (nSPS) is 15.1. The van der Waals surface area contributed by atoms with Gasteiger partial charge in [-0.25, -0.2) is 16.8 Å². The Bertz CT molecular complexity index is 1170. The Morgan fingerprint density at radius 1 is 0.724 bits per heavy atom. The molecule has 152 valence electrons. The van der Waals surface area contributed by atoms with E-state index < -0.39 is 41.6 Å². The average Bonchev–Trinajstić information content (AvgIpc) is 2.88. The molecule has 0 bridgehead atoms. The van der Waals surface area contributed by atoms with Crippen LogP contribution in [0.25, 0.3) is 0 Å². The van der Waals surface area contributed by atoms with Crippen molar-refractivity contribution in [2.75, 3.05) is 11.5 Å². The molecular weight excluding hydrogens is 418 g/mol. The number of nitrogen functional groups attached to an aromatic ring is 2. The highest BCUT2D eigenvalue weighted by Gasteiger charge is 2.48. The molecule has 2 aromatic rings. The van der Waals surface area contributed by atoms with E-state index in [9.17, 15) is 26.4 Å². The van der Waals surface area contributed by atoms with Crippen molar-refractivity contribution in [3.8, 4) is 0 Å². The lowest BCUT2D eigenvalue weighted by Gasteiger charge is -2.19. The van der Waals surface area contributed by atoms with Gasteiger partial charge < -0.3 is 11.5 Å². The van der Waals surface area contributed by atoms with Gasteiger partial charge in [0.05, 0.1) is 15.4 Å². The minimum atomic E-state index is -4.65. The third-order valence-corrected chi connectivity index (χ3v) is 9.41. The number of sulfone groups is 2. The number of nitrogens with one attached hydrogen (secondary N) is 1. The van der Waals surface area contributed by atoms with Gasteiger partial charge in [-0.05, 0) is 55.5 Å². The van der Waals surface area contributed by atoms with Crippen molar-refractivity contribution in [2.45, 2.75) is 21.3 Å². The zero-order chi connectivity index (χ0) is 21.6. The Balaban J connectivity index is 2.31. The van der Waals surface area contributed by atoms with Crippen molar-refractivity contribution < 1.29 is 26.4 Å². The highest BCUT2D eigenvalue weighted by molar-refractivity contribution is 8.09. The molecule has 5 N–H and O–H groups in total. The number of imide groups is 1. The summed E-state index contributed by atoms with van der Waals surface area (Å²) in [6.07, 6.45) is 0. The molecule has 1 aliphatic heterocycles. The van der Waals surface area contributed by atoms with Crippen LogP contribution in [-0.2, 0) is 29.3 Å². The molecule has 1 aliphatic rings. The van der Waals surface area contributed by atoms with Crippen LogP contribution in [-0.4, -0.2) is 33.2 Å². The van der Waals surface area contributed by atoms with Crippen LogP contribution in [0.1, 0.15) is 6.92 Å². The first kappa shape index (κ1) is 20.6. The quantitative estimate of drug-likeness (QED) is 0.448. The third-order valence-electron chi connectivity index (χ3n) is 4.43. The number of hydrogen-bond acceptors (Lipinski definition) is 8. The minimum absolute atomic E-state index is 0.270. The Hall–Kier alpha value is -3.18. The molecule has 0 saturated heterocycles. The van der Waals surface area contributed by atoms with Gasteiger partial charge in [0.15, 0.2) is 19.7 Å². The average molecular weight is 435 g/mol. The number of hydrogen-bond donors (Lipinski definition) is 3. The largest absolute Gasteiger partial charge is 0.399 e. The molecule has 9 nitrogen and oxygen atoms in total. The molecule has 0 aliphatic carbocycles. The number of carbonyl (C=O) groups is 2. The first-order valence-electron chi connectivity index (χ1n) is 8.21. The van der Waals surface area contributed by atoms with Crippen molar-refractivity contribution in [1.82, 2.24) is 5.32 Å². The number of benzene rings is 2. The van der Waals surface area contributed by atoms with Crippen LogP contribution < -0.4 is 16.8 Å². The summed E-state index contributed by atoms with van der Waals surface area (Å²) in [5.74, 6) is -1.93. The molecule has 0 fully saturated rings. The molecule has 3 rings (SSSR count). The van der Waals surface area contributed by atoms with E-state index in [1.807, 2.05) is 5.32 Å². The van der Waals surface area contributed by atoms with Crippen LogP contribution in [0.5, 0.6) is 0 Å². The molecular formula is C18H17N3O6S2. The van der Waals surface area contributed by atoms with E-state index in [0.717, 1.165) is 24.3 Å². The predicted octanol–water partition coefficient (Wildman–Crippen LogP) is 0.398. The highest BCUT2D eigenvalue weighted by Crippen LogP contribution is 2.34. The van der Waals surface area contributed by atoms with E-state index in [-0.39, 0.29) is 26.7 Å². The lowest BCUT2D eigenvalue weighted by Crippen LogP contribution is -2.37. The summed E-state index contributed by atoms with van der Waals surface area (Å²) in [4.78, 5) is 23.5. The Morgan fingerprint density at radius 3 is 1.41 bits per heavy atom. The van der Waals surface area contributed by atoms with E-state index in [2.05, 4.69) is 0 Å². The first-order chi connectivity index (χ1) is 13.5. The smallest absolute Gasteiger partial charge is 0.256 e. The molecule has 0 saturated carbocycles. The predicted molar refractivity (Wildman–Crippen MR) is 106 cm³/mol. The molecule has 11 heteroatoms. The SMILES string of the molecule is CC1=C(C(S(=O)(=O)c2ccc(N)cc2)S(=O)(=O)c2ccc(N)cc2)C(=O)NC1=O. The summed E-state index contributed by atoms with van der Waals surface area (Å²) in [5.41, 5.74) is 10.8. The Labute approximate surface area is 167 Å². The van der Waals surface area contributed by atoms with Crippen molar-refractivity contribution >= 4 is 42.9 Å². The van der Waals surface area contributed by atoms with Gasteiger partial charge in [0.2, 0.25) is 4.58 Å². The van der Waals surface area contributed by atoms with Crippen LogP contribution in [0, 0.1) is 0 Å². The summed E-state index contributed by atoms with van der Waals surface area (Å²) in [6, 6.07) is 9.73. The second-order valence-electron chi connectivity index (χ2n) is 6.38. The third kappa shape index (κ3) is 3.49. The summed E-state index contributed by atoms with van der Waals surface area (Å²) < 4.78 is 51.1. The number of amides is 2. The lowest BCUT2D eigenvalue weighted by molar-refractivity contribution is -0.124. The van der Waals surface area contributed by atoms with Crippen LogP contribution in [0.3, 0.4) is 0 Å². The van der Waals surface area contributed by atoms with Gasteiger partial charge in [-0.2, -0.15) is 0 Å². The molecule has 29 heavy (non-hydrogen) atoms. The molecule has 0 aromatic heterocycles. The van der Waals surface area contributed by atoms with E-state index in [4.69, 9.17) is 11.5 Å². The minimum Gasteiger partial charge on any atom is -0.399 e. The van der Waals surface area contributed by atoms with Gasteiger partial charge in [-0.1, -0.05) is 0 Å². The topological polar surface area (TPSA) is 166 Å². The first-order valence-corrected chi connectivity index (χ1v) is 11.3. The Kier molecular flexibility index (Phi) is 4.97. The van der Waals surface area contributed by atoms with Crippen molar-refractivity contribution in [3.05, 3.63) is 59.7 Å². The Morgan fingerprint density at radius 2 is 1.10 bits per heavy atom. The van der Waals surface area contributed by atoms with E-state index >= 15 is 0 Å². The maximum atomic E-state index is 13.3. The number of carbonyl (C=O) groups excluding carboxylic acids is 2. The summed E-state index contributed by atoms with van der Waals surface area (Å²) in [5, 5.41) is 1.94. The summed E-state index contributed by atoms with van der Waals surface area (Å²) in [7, 11) is -9.30. The van der Waals surface area contributed by atoms with Crippen molar-refractivity contribution in [1.29, 1.82) is 0 Å². The molecule has 0 spiro atoms. The summed E-state index contributed by atoms with van der Waals surface area (Å²) >= 11 is 0. The molecule has 2 aromatic carbocycles. The van der Waals surface area contributed by atoms with Crippen LogP contribution in [0.2, 0.25) is 0 Å². The second-order valence-corrected chi connectivity index (χ2v) is 10.7. The van der Waals surface area contributed by atoms with Crippen molar-refractivity contribution in [2.24, 2.45) is 0 Å². The monoisotopic (exact) mass is 435 g/mol. The van der Waals surface area contributed by atoms with E-state index in [1.165, 1.54) is 31.2 Å². The zero-order valence-corrected chi connectivity index (χ0v) is 16.7. The summed E-state index contributed by atoms with van der Waals surface area (Å²) in [6.45, 7) is 1.19. The lowest BCUT2D eigenvalue weighted by atomic mass is 10.2. The number of anilines is 2. The fraction of sp³-hybridized carbons (Fsp3) is 0.111. The standard InChI is InChI=1S/C18H17N3O6S2/c1-10-15(17(23)21-16(10)22)18(28(24,25)13-6-2-11(19)3-7-13)29(26,27)14-8-4-12(20)5-9-14/h2-9,18H,19-20H2,1H3,(H,21,22,23). The molecule has 2 amide bonds. The maximum Gasteiger partial charge on any atom is 0.256 e. The molecule has 0 radical (unpaired) electrons. The molecule has 1 heterocycles. The molecule has 0 unspecified atom stereocenters. The van der Waals surface area contributed by atoms with Gasteiger partial charge in [-0.15, -0.1) is 0 Å². The van der Waals surface area contributed by atoms with Crippen LogP contribution in [0.15, 0.2) is 69.5 Å². The van der Waals surface area contributed by atoms with Gasteiger partial charge in [0.1, 0.15) is 0 Å². The van der Waals surface area contributed by atoms with E-state index in [1.54, 1.807) is 0 Å². The van der Waals surface area contributed by atoms with Gasteiger partial charge in [0.25, 0.3) is 11.8 Å². The van der Waals surface area contributed by atoms with Gasteiger partial charge in [0, 0.05) is 16.9 Å². The second kappa shape index (κ2) is 7.01. The number of rotatable bonds is 5.